The Labute approximate surface area is 192 Å². The third-order valence-electron chi connectivity index (χ3n) is 7.43. The molecule has 3 fully saturated rings. The number of carbonyl (C=O) groups excluding carboxylic acids is 1. The number of pyridine rings is 1. The lowest BCUT2D eigenvalue weighted by atomic mass is 9.85. The number of ether oxygens (including phenoxy) is 1. The van der Waals surface area contributed by atoms with Crippen LogP contribution in [0.5, 0.6) is 0 Å². The average molecular weight is 455 g/mol. The van der Waals surface area contributed by atoms with E-state index in [1.807, 2.05) is 12.1 Å². The predicted molar refractivity (Wildman–Crippen MR) is 121 cm³/mol. The van der Waals surface area contributed by atoms with Crippen LogP contribution in [0.3, 0.4) is 0 Å². The second kappa shape index (κ2) is 8.27. The zero-order valence-electron chi connectivity index (χ0n) is 18.1. The number of hydrogen-bond donors (Lipinski definition) is 2. The molecule has 0 spiro atoms. The number of benzene rings is 1. The highest BCUT2D eigenvalue weighted by molar-refractivity contribution is 6.32. The van der Waals surface area contributed by atoms with Crippen molar-refractivity contribution in [2.24, 2.45) is 11.8 Å². The zero-order valence-corrected chi connectivity index (χ0v) is 18.8. The van der Waals surface area contributed by atoms with Gasteiger partial charge in [-0.1, -0.05) is 11.6 Å². The van der Waals surface area contributed by atoms with Gasteiger partial charge in [-0.3, -0.25) is 9.69 Å². The first-order chi connectivity index (χ1) is 15.4. The second-order valence-electron chi connectivity index (χ2n) is 9.51. The number of hydrogen-bond acceptors (Lipinski definition) is 6. The van der Waals surface area contributed by atoms with Crippen LogP contribution in [0.15, 0.2) is 24.4 Å². The maximum Gasteiger partial charge on any atom is 0.230 e. The highest BCUT2D eigenvalue weighted by atomic mass is 35.5. The van der Waals surface area contributed by atoms with Gasteiger partial charge in [0, 0.05) is 16.6 Å². The minimum absolute atomic E-state index is 0.142. The summed E-state index contributed by atoms with van der Waals surface area (Å²) in [5, 5.41) is 24.8. The maximum atomic E-state index is 12.3. The minimum atomic E-state index is -0.455. The molecule has 2 aliphatic heterocycles. The summed E-state index contributed by atoms with van der Waals surface area (Å²) in [6.07, 6.45) is 3.80. The van der Waals surface area contributed by atoms with Crippen molar-refractivity contribution in [3.05, 3.63) is 35.0 Å². The second-order valence-corrected chi connectivity index (χ2v) is 9.91. The van der Waals surface area contributed by atoms with Crippen molar-refractivity contribution < 1.29 is 14.6 Å². The van der Waals surface area contributed by atoms with E-state index in [-0.39, 0.29) is 23.3 Å². The van der Waals surface area contributed by atoms with Gasteiger partial charge in [0.05, 0.1) is 42.8 Å². The normalized spacial score (nSPS) is 30.9. The molecule has 5 rings (SSSR count). The smallest absolute Gasteiger partial charge is 0.230 e. The van der Waals surface area contributed by atoms with Crippen LogP contribution in [0.1, 0.15) is 37.7 Å². The largest absolute Gasteiger partial charge is 0.389 e. The van der Waals surface area contributed by atoms with Crippen LogP contribution in [0, 0.1) is 23.2 Å². The van der Waals surface area contributed by atoms with Crippen LogP contribution in [-0.2, 0) is 9.53 Å². The molecule has 1 saturated carbocycles. The highest BCUT2D eigenvalue weighted by Crippen LogP contribution is 2.40. The van der Waals surface area contributed by atoms with Crippen LogP contribution in [0.25, 0.3) is 10.8 Å². The van der Waals surface area contributed by atoms with E-state index in [2.05, 4.69) is 34.3 Å². The Kier molecular flexibility index (Phi) is 5.58. The third-order valence-corrected chi connectivity index (χ3v) is 7.75. The summed E-state index contributed by atoms with van der Waals surface area (Å²) in [4.78, 5) is 19.0. The van der Waals surface area contributed by atoms with E-state index >= 15 is 0 Å². The lowest BCUT2D eigenvalue weighted by Crippen LogP contribution is -2.56. The van der Waals surface area contributed by atoms with E-state index < -0.39 is 6.10 Å². The monoisotopic (exact) mass is 454 g/mol. The summed E-state index contributed by atoms with van der Waals surface area (Å²) in [6.45, 7) is 4.81. The molecule has 3 heterocycles. The van der Waals surface area contributed by atoms with Gasteiger partial charge in [-0.2, -0.15) is 5.26 Å². The van der Waals surface area contributed by atoms with Crippen molar-refractivity contribution in [1.82, 2.24) is 9.88 Å². The van der Waals surface area contributed by atoms with Crippen LogP contribution in [0.2, 0.25) is 5.02 Å². The molecule has 1 aromatic heterocycles. The van der Waals surface area contributed by atoms with Gasteiger partial charge < -0.3 is 15.2 Å². The van der Waals surface area contributed by atoms with E-state index in [9.17, 15) is 9.90 Å². The maximum absolute atomic E-state index is 12.3. The quantitative estimate of drug-likeness (QED) is 0.735. The number of aromatic nitrogens is 1. The third kappa shape index (κ3) is 3.86. The van der Waals surface area contributed by atoms with E-state index in [0.717, 1.165) is 47.3 Å². The van der Waals surface area contributed by atoms with Gasteiger partial charge in [-0.05, 0) is 74.3 Å². The number of nitrogens with one attached hydrogen (secondary N) is 1. The molecule has 8 heteroatoms. The number of rotatable bonds is 4. The number of anilines is 1. The number of fused-ring (bicyclic) bond motifs is 1. The Morgan fingerprint density at radius 3 is 2.78 bits per heavy atom. The first-order valence-corrected chi connectivity index (χ1v) is 11.6. The lowest BCUT2D eigenvalue weighted by Gasteiger charge is -2.43. The fraction of sp³-hybridized carbons (Fsp3) is 0.542. The van der Waals surface area contributed by atoms with Crippen molar-refractivity contribution in [1.29, 1.82) is 5.26 Å². The molecule has 2 N–H and O–H groups in total. The van der Waals surface area contributed by atoms with E-state index in [4.69, 9.17) is 21.6 Å². The molecule has 1 amide bonds. The highest BCUT2D eigenvalue weighted by Gasteiger charge is 2.45. The summed E-state index contributed by atoms with van der Waals surface area (Å²) in [6, 6.07) is 8.07. The number of likely N-dealkylation sites (tertiary alicyclic amines) is 1. The number of aliphatic hydroxyl groups is 1. The molecule has 1 aromatic carbocycles. The summed E-state index contributed by atoms with van der Waals surface area (Å²) >= 11 is 6.65. The number of nitriles is 1. The van der Waals surface area contributed by atoms with Gasteiger partial charge in [0.1, 0.15) is 5.82 Å². The molecule has 3 aliphatic rings. The van der Waals surface area contributed by atoms with Crippen LogP contribution >= 0.6 is 11.6 Å². The Morgan fingerprint density at radius 2 is 2.12 bits per heavy atom. The summed E-state index contributed by atoms with van der Waals surface area (Å²) < 4.78 is 5.51. The van der Waals surface area contributed by atoms with Gasteiger partial charge in [0.15, 0.2) is 0 Å². The summed E-state index contributed by atoms with van der Waals surface area (Å²) in [5.74, 6) is 0.286. The average Bonchev–Trinajstić information content (AvgIpc) is 3.51. The van der Waals surface area contributed by atoms with Crippen LogP contribution in [0.4, 0.5) is 5.82 Å². The molecule has 7 nitrogen and oxygen atoms in total. The van der Waals surface area contributed by atoms with Crippen LogP contribution in [-0.4, -0.2) is 58.8 Å². The SMILES string of the molecule is C[C@]1(N2CCC(c3cc4cc(NC(=O)[C@@H]5C[C@H]5C#N)ncc4cc3Cl)CC2)COC[C@H]1O. The van der Waals surface area contributed by atoms with E-state index in [1.165, 1.54) is 0 Å². The molecule has 2 saturated heterocycles. The van der Waals surface area contributed by atoms with Gasteiger partial charge in [-0.15, -0.1) is 0 Å². The van der Waals surface area contributed by atoms with Crippen molar-refractivity contribution in [2.45, 2.75) is 43.7 Å². The van der Waals surface area contributed by atoms with Gasteiger partial charge in [0.25, 0.3) is 0 Å². The molecule has 32 heavy (non-hydrogen) atoms. The molecule has 1 aliphatic carbocycles. The standard InChI is InChI=1S/C24H27ClN4O3/c1-24(13-32-12-21(24)30)29-4-2-14(3-5-29)18-6-15-9-22(27-11-17(15)8-20(18)25)28-23(31)19-7-16(19)10-26/h6,8-9,11,14,16,19,21,30H,2-5,7,12-13H2,1H3,(H,27,28,31)/t16-,19+,21+,24-/m0/s1. The Bertz CT molecular complexity index is 1090. The van der Waals surface area contributed by atoms with Crippen molar-refractivity contribution in [3.8, 4) is 6.07 Å². The molecule has 0 unspecified atom stereocenters. The van der Waals surface area contributed by atoms with Crippen LogP contribution < -0.4 is 5.32 Å². The lowest BCUT2D eigenvalue weighted by molar-refractivity contribution is -0.117. The molecular formula is C24H27ClN4O3. The molecule has 4 atom stereocenters. The Morgan fingerprint density at radius 1 is 1.34 bits per heavy atom. The number of halogens is 1. The molecular weight excluding hydrogens is 428 g/mol. The summed E-state index contributed by atoms with van der Waals surface area (Å²) in [5.41, 5.74) is 0.797. The predicted octanol–water partition coefficient (Wildman–Crippen LogP) is 3.32. The number of nitrogens with zero attached hydrogens (tertiary/aromatic N) is 3. The number of aliphatic hydroxyl groups excluding tert-OH is 1. The fourth-order valence-electron chi connectivity index (χ4n) is 5.07. The Hall–Kier alpha value is -2.24. The molecule has 168 valence electrons. The number of carbonyl (C=O) groups is 1. The topological polar surface area (TPSA) is 98.5 Å². The van der Waals surface area contributed by atoms with Crippen molar-refractivity contribution in [3.63, 3.8) is 0 Å². The fourth-order valence-corrected chi connectivity index (χ4v) is 5.39. The number of amides is 1. The van der Waals surface area contributed by atoms with Crippen molar-refractivity contribution >= 4 is 34.1 Å². The molecule has 2 aromatic rings. The first-order valence-electron chi connectivity index (χ1n) is 11.2. The minimum Gasteiger partial charge on any atom is -0.389 e. The molecule has 0 radical (unpaired) electrons. The Balaban J connectivity index is 1.31. The first kappa shape index (κ1) is 21.6. The van der Waals surface area contributed by atoms with Gasteiger partial charge >= 0.3 is 0 Å². The van der Waals surface area contributed by atoms with Gasteiger partial charge in [-0.25, -0.2) is 4.98 Å². The van der Waals surface area contributed by atoms with E-state index in [0.29, 0.717) is 31.4 Å². The summed E-state index contributed by atoms with van der Waals surface area (Å²) in [7, 11) is 0. The van der Waals surface area contributed by atoms with Crippen molar-refractivity contribution in [2.75, 3.05) is 31.6 Å². The molecule has 0 bridgehead atoms. The van der Waals surface area contributed by atoms with Gasteiger partial charge in [0.2, 0.25) is 5.91 Å². The number of piperidine rings is 1. The van der Waals surface area contributed by atoms with E-state index in [1.54, 1.807) is 6.20 Å². The zero-order chi connectivity index (χ0) is 22.5.